The minimum Gasteiger partial charge on any atom is -0.455 e. The van der Waals surface area contributed by atoms with Crippen LogP contribution in [0.3, 0.4) is 0 Å². The van der Waals surface area contributed by atoms with Crippen LogP contribution in [0.25, 0.3) is 0 Å². The lowest BCUT2D eigenvalue weighted by Gasteiger charge is -2.43. The molecule has 6 nitrogen and oxygen atoms in total. The summed E-state index contributed by atoms with van der Waals surface area (Å²) < 4.78 is 24.1. The number of esters is 1. The number of hydrogen-bond donors (Lipinski definition) is 0. The van der Waals surface area contributed by atoms with Gasteiger partial charge in [-0.15, -0.1) is 11.8 Å². The standard InChI is InChI=1S/C21H32ClNO5S3Si/c1-13(22)11-27-19(25)16-20(29-14-8-10-31(26)12-14)30-18-15(17(24)23(16)18)7-9-28-32(5,6)21(2,3)4/h14-15,18H,1,7-12H2,2-6H3/t14-,15+,18-,31+/m1/s1. The van der Waals surface area contributed by atoms with Gasteiger partial charge in [0.05, 0.1) is 15.5 Å². The number of thioether (sulfide) groups is 2. The zero-order valence-electron chi connectivity index (χ0n) is 19.3. The van der Waals surface area contributed by atoms with Gasteiger partial charge >= 0.3 is 5.97 Å². The molecule has 4 atom stereocenters. The van der Waals surface area contributed by atoms with Crippen molar-refractivity contribution in [3.8, 4) is 0 Å². The Labute approximate surface area is 207 Å². The van der Waals surface area contributed by atoms with E-state index in [0.29, 0.717) is 30.2 Å². The molecule has 1 amide bonds. The van der Waals surface area contributed by atoms with E-state index in [1.165, 1.54) is 0 Å². The summed E-state index contributed by atoms with van der Waals surface area (Å²) in [5.74, 6) is 0.474. The van der Waals surface area contributed by atoms with E-state index in [9.17, 15) is 13.8 Å². The lowest BCUT2D eigenvalue weighted by atomic mass is 9.94. The molecule has 0 N–H and O–H groups in total. The monoisotopic (exact) mass is 537 g/mol. The Morgan fingerprint density at radius 1 is 1.41 bits per heavy atom. The van der Waals surface area contributed by atoms with Crippen LogP contribution in [-0.2, 0) is 29.6 Å². The van der Waals surface area contributed by atoms with Crippen molar-refractivity contribution in [3.63, 3.8) is 0 Å². The van der Waals surface area contributed by atoms with Crippen molar-refractivity contribution >= 4 is 66.1 Å². The number of halogens is 1. The van der Waals surface area contributed by atoms with Crippen molar-refractivity contribution < 1.29 is 23.0 Å². The minimum absolute atomic E-state index is 0.0661. The Morgan fingerprint density at radius 3 is 2.66 bits per heavy atom. The largest absolute Gasteiger partial charge is 0.455 e. The fraction of sp³-hybridized carbons (Fsp3) is 0.714. The zero-order chi connectivity index (χ0) is 23.8. The topological polar surface area (TPSA) is 72.9 Å². The van der Waals surface area contributed by atoms with Crippen LogP contribution in [0.4, 0.5) is 0 Å². The molecule has 0 spiro atoms. The summed E-state index contributed by atoms with van der Waals surface area (Å²) in [6, 6.07) is 0. The molecule has 180 valence electrons. The van der Waals surface area contributed by atoms with Gasteiger partial charge in [-0.1, -0.05) is 50.7 Å². The lowest BCUT2D eigenvalue weighted by Crippen LogP contribution is -2.57. The number of fused-ring (bicyclic) bond motifs is 1. The number of hydrogen-bond acceptors (Lipinski definition) is 7. The Kier molecular flexibility index (Phi) is 8.36. The van der Waals surface area contributed by atoms with Crippen LogP contribution in [0.15, 0.2) is 21.5 Å². The van der Waals surface area contributed by atoms with Gasteiger partial charge in [-0.25, -0.2) is 4.79 Å². The third-order valence-electron chi connectivity index (χ3n) is 6.38. The molecular weight excluding hydrogens is 506 g/mol. The highest BCUT2D eigenvalue weighted by atomic mass is 35.5. The number of amides is 1. The average molecular weight is 538 g/mol. The smallest absolute Gasteiger partial charge is 0.357 e. The van der Waals surface area contributed by atoms with Gasteiger partial charge in [-0.05, 0) is 31.0 Å². The molecule has 0 radical (unpaired) electrons. The highest BCUT2D eigenvalue weighted by Crippen LogP contribution is 2.55. The van der Waals surface area contributed by atoms with E-state index in [-0.39, 0.29) is 39.1 Å². The third-order valence-corrected chi connectivity index (χ3v) is 15.6. The summed E-state index contributed by atoms with van der Waals surface area (Å²) in [6.07, 6.45) is 1.47. The van der Waals surface area contributed by atoms with Gasteiger partial charge in [0.15, 0.2) is 14.0 Å². The fourth-order valence-corrected chi connectivity index (χ4v) is 9.73. The lowest BCUT2D eigenvalue weighted by molar-refractivity contribution is -0.153. The Hall–Kier alpha value is -0.263. The van der Waals surface area contributed by atoms with Crippen molar-refractivity contribution in [2.45, 2.75) is 62.4 Å². The summed E-state index contributed by atoms with van der Waals surface area (Å²) >= 11 is 8.84. The van der Waals surface area contributed by atoms with Gasteiger partial charge < -0.3 is 9.16 Å². The quantitative estimate of drug-likeness (QED) is 0.241. The molecule has 3 rings (SSSR count). The Morgan fingerprint density at radius 2 is 2.09 bits per heavy atom. The minimum atomic E-state index is -1.88. The van der Waals surface area contributed by atoms with Crippen molar-refractivity contribution in [3.05, 3.63) is 21.5 Å². The van der Waals surface area contributed by atoms with E-state index in [2.05, 4.69) is 40.4 Å². The van der Waals surface area contributed by atoms with E-state index in [1.54, 1.807) is 28.4 Å². The Balaban J connectivity index is 1.68. The molecule has 0 aromatic heterocycles. The third kappa shape index (κ3) is 5.68. The first kappa shape index (κ1) is 26.3. The normalized spacial score (nSPS) is 28.1. The molecule has 2 fully saturated rings. The first-order valence-corrected chi connectivity index (χ1v) is 17.2. The number of ether oxygens (including phenoxy) is 1. The zero-order valence-corrected chi connectivity index (χ0v) is 23.5. The molecule has 3 heterocycles. The first-order chi connectivity index (χ1) is 14.8. The molecule has 0 aromatic carbocycles. The summed E-state index contributed by atoms with van der Waals surface area (Å²) in [6.45, 7) is 15.0. The molecule has 0 aliphatic carbocycles. The van der Waals surface area contributed by atoms with Crippen LogP contribution < -0.4 is 0 Å². The van der Waals surface area contributed by atoms with E-state index in [4.69, 9.17) is 20.8 Å². The second-order valence-electron chi connectivity index (χ2n) is 9.79. The van der Waals surface area contributed by atoms with Crippen LogP contribution in [0.2, 0.25) is 18.1 Å². The van der Waals surface area contributed by atoms with Gasteiger partial charge in [0.1, 0.15) is 6.61 Å². The van der Waals surface area contributed by atoms with Crippen LogP contribution >= 0.6 is 35.1 Å². The van der Waals surface area contributed by atoms with Crippen LogP contribution in [0.5, 0.6) is 0 Å². The van der Waals surface area contributed by atoms with Crippen LogP contribution in [0.1, 0.15) is 33.6 Å². The summed E-state index contributed by atoms with van der Waals surface area (Å²) in [4.78, 5) is 27.4. The fourth-order valence-electron chi connectivity index (χ4n) is 3.44. The van der Waals surface area contributed by atoms with Crippen LogP contribution in [0, 0.1) is 5.92 Å². The molecule has 0 bridgehead atoms. The summed E-state index contributed by atoms with van der Waals surface area (Å²) in [7, 11) is -2.70. The maximum atomic E-state index is 13.0. The van der Waals surface area contributed by atoms with Crippen molar-refractivity contribution in [1.82, 2.24) is 4.90 Å². The molecular formula is C21H32ClNO5S3Si. The number of carbonyl (C=O) groups is 2. The molecule has 3 aliphatic heterocycles. The van der Waals surface area contributed by atoms with Crippen molar-refractivity contribution in [1.29, 1.82) is 0 Å². The number of β-lactam (4-membered cyclic amide) rings is 1. The molecule has 0 aromatic rings. The predicted octanol–water partition coefficient (Wildman–Crippen LogP) is 4.65. The molecule has 0 unspecified atom stereocenters. The maximum absolute atomic E-state index is 13.0. The van der Waals surface area contributed by atoms with Crippen molar-refractivity contribution in [2.24, 2.45) is 5.92 Å². The highest BCUT2D eigenvalue weighted by Gasteiger charge is 2.56. The van der Waals surface area contributed by atoms with Crippen LogP contribution in [-0.4, -0.2) is 64.6 Å². The predicted molar refractivity (Wildman–Crippen MR) is 136 cm³/mol. The van der Waals surface area contributed by atoms with Gasteiger partial charge in [0.25, 0.3) is 0 Å². The highest BCUT2D eigenvalue weighted by molar-refractivity contribution is 8.23. The van der Waals surface area contributed by atoms with Crippen molar-refractivity contribution in [2.75, 3.05) is 24.7 Å². The van der Waals surface area contributed by atoms with E-state index < -0.39 is 25.1 Å². The van der Waals surface area contributed by atoms with E-state index >= 15 is 0 Å². The SMILES string of the molecule is C=C(Cl)COC(=O)C1=C(S[C@@H]2CC[S@](=O)C2)S[C@@H]2[C@@H](CCO[Si](C)(C)C(C)(C)C)C(=O)N12. The number of rotatable bonds is 9. The molecule has 3 aliphatic rings. The Bertz CT molecular complexity index is 857. The number of carbonyl (C=O) groups excluding carboxylic acids is 2. The molecule has 32 heavy (non-hydrogen) atoms. The second-order valence-corrected chi connectivity index (χ2v) is 19.5. The molecule has 0 saturated carbocycles. The summed E-state index contributed by atoms with van der Waals surface area (Å²) in [5, 5.41) is 0.387. The van der Waals surface area contributed by atoms with Gasteiger partial charge in [-0.3, -0.25) is 13.9 Å². The number of nitrogens with zero attached hydrogens (tertiary/aromatic N) is 1. The first-order valence-electron chi connectivity index (χ1n) is 10.7. The molecule has 2 saturated heterocycles. The summed E-state index contributed by atoms with van der Waals surface area (Å²) in [5.41, 5.74) is 0.298. The van der Waals surface area contributed by atoms with Gasteiger partial charge in [0.2, 0.25) is 5.91 Å². The molecule has 11 heteroatoms. The van der Waals surface area contributed by atoms with Gasteiger partial charge in [-0.2, -0.15) is 0 Å². The van der Waals surface area contributed by atoms with Gasteiger partial charge in [0, 0.05) is 39.2 Å². The average Bonchev–Trinajstić information content (AvgIpc) is 3.23. The van der Waals surface area contributed by atoms with E-state index in [0.717, 1.165) is 10.7 Å². The second kappa shape index (κ2) is 10.2. The maximum Gasteiger partial charge on any atom is 0.357 e. The van der Waals surface area contributed by atoms with E-state index in [1.807, 2.05) is 0 Å².